The van der Waals surface area contributed by atoms with Gasteiger partial charge in [0.2, 0.25) is 10.9 Å². The molecule has 0 bridgehead atoms. The maximum Gasteiger partial charge on any atom is 0.205 e. The molecule has 0 unspecified atom stereocenters. The Bertz CT molecular complexity index is 477. The van der Waals surface area contributed by atoms with Gasteiger partial charge >= 0.3 is 0 Å². The van der Waals surface area contributed by atoms with E-state index in [1.807, 2.05) is 27.7 Å². The van der Waals surface area contributed by atoms with Gasteiger partial charge in [0.15, 0.2) is 0 Å². The molecular formula is C12H18N2O2. The summed E-state index contributed by atoms with van der Waals surface area (Å²) in [6.07, 6.45) is 2.92. The minimum Gasteiger partial charge on any atom is -0.357 e. The number of pyridine rings is 2. The van der Waals surface area contributed by atoms with Crippen LogP contribution in [-0.2, 0) is 0 Å². The summed E-state index contributed by atoms with van der Waals surface area (Å²) < 4.78 is 0. The first kappa shape index (κ1) is 14.2. The van der Waals surface area contributed by atoms with Gasteiger partial charge in [-0.3, -0.25) is 9.59 Å². The van der Waals surface area contributed by atoms with Crippen LogP contribution in [0.15, 0.2) is 34.1 Å². The van der Waals surface area contributed by atoms with E-state index in [2.05, 4.69) is 9.97 Å². The largest absolute Gasteiger partial charge is 0.357 e. The fourth-order valence-corrected chi connectivity index (χ4v) is 1.10. The highest BCUT2D eigenvalue weighted by atomic mass is 16.1. The van der Waals surface area contributed by atoms with Gasteiger partial charge in [-0.1, -0.05) is 27.7 Å². The lowest BCUT2D eigenvalue weighted by atomic mass is 10.3. The molecule has 0 atom stereocenters. The van der Waals surface area contributed by atoms with Crippen LogP contribution in [0, 0.1) is 0 Å². The Hall–Kier alpha value is -1.84. The normalized spacial score (nSPS) is 8.50. The van der Waals surface area contributed by atoms with Crippen molar-refractivity contribution in [2.75, 3.05) is 0 Å². The molecule has 2 heterocycles. The number of H-pyrrole nitrogens is 2. The minimum atomic E-state index is -0.179. The average Bonchev–Trinajstić information content (AvgIpc) is 2.36. The second-order valence-corrected chi connectivity index (χ2v) is 2.43. The van der Waals surface area contributed by atoms with E-state index >= 15 is 0 Å². The summed E-state index contributed by atoms with van der Waals surface area (Å²) in [6, 6.07) is 2.75. The third-order valence-corrected chi connectivity index (χ3v) is 1.67. The molecule has 0 saturated carbocycles. The first-order valence-electron chi connectivity index (χ1n) is 5.48. The van der Waals surface area contributed by atoms with Crippen molar-refractivity contribution in [1.82, 2.24) is 9.97 Å². The third-order valence-electron chi connectivity index (χ3n) is 1.67. The van der Waals surface area contributed by atoms with Gasteiger partial charge < -0.3 is 9.97 Å². The Morgan fingerprint density at radius 3 is 1.38 bits per heavy atom. The number of fused-ring (bicyclic) bond motifs is 1. The molecule has 4 heteroatoms. The van der Waals surface area contributed by atoms with Crippen molar-refractivity contribution in [2.24, 2.45) is 0 Å². The van der Waals surface area contributed by atoms with Crippen LogP contribution >= 0.6 is 0 Å². The van der Waals surface area contributed by atoms with Crippen LogP contribution in [0.4, 0.5) is 0 Å². The smallest absolute Gasteiger partial charge is 0.205 e. The molecule has 16 heavy (non-hydrogen) atoms. The van der Waals surface area contributed by atoms with Crippen molar-refractivity contribution in [1.29, 1.82) is 0 Å². The monoisotopic (exact) mass is 222 g/mol. The lowest BCUT2D eigenvalue weighted by Crippen LogP contribution is -2.10. The fraction of sp³-hybridized carbons (Fsp3) is 0.333. The SMILES string of the molecule is CC.CC.O=c1cc[nH]c2c(=O)cc[nH]c12. The number of hydrogen-bond acceptors (Lipinski definition) is 2. The Balaban J connectivity index is 0.000000509. The number of hydrogen-bond donors (Lipinski definition) is 2. The van der Waals surface area contributed by atoms with Gasteiger partial charge in [0, 0.05) is 24.5 Å². The van der Waals surface area contributed by atoms with Crippen LogP contribution < -0.4 is 10.9 Å². The highest BCUT2D eigenvalue weighted by Gasteiger charge is 1.98. The van der Waals surface area contributed by atoms with E-state index in [-0.39, 0.29) is 10.9 Å². The van der Waals surface area contributed by atoms with Crippen LogP contribution in [0.25, 0.3) is 11.0 Å². The van der Waals surface area contributed by atoms with E-state index in [0.717, 1.165) is 0 Å². The molecule has 0 aliphatic rings. The molecule has 0 fully saturated rings. The molecule has 2 aromatic rings. The summed E-state index contributed by atoms with van der Waals surface area (Å²) in [7, 11) is 0. The Labute approximate surface area is 94.3 Å². The van der Waals surface area contributed by atoms with E-state index in [9.17, 15) is 9.59 Å². The lowest BCUT2D eigenvalue weighted by molar-refractivity contribution is 1.29. The highest BCUT2D eigenvalue weighted by Crippen LogP contribution is 1.93. The zero-order chi connectivity index (χ0) is 12.6. The second kappa shape index (κ2) is 7.45. The summed E-state index contributed by atoms with van der Waals surface area (Å²) in [5, 5.41) is 0. The second-order valence-electron chi connectivity index (χ2n) is 2.43. The first-order valence-corrected chi connectivity index (χ1v) is 5.48. The van der Waals surface area contributed by atoms with Crippen LogP contribution in [0.3, 0.4) is 0 Å². The van der Waals surface area contributed by atoms with Crippen molar-refractivity contribution in [3.05, 3.63) is 45.0 Å². The van der Waals surface area contributed by atoms with Gasteiger partial charge in [0.05, 0.1) is 0 Å². The van der Waals surface area contributed by atoms with E-state index in [0.29, 0.717) is 11.0 Å². The molecule has 0 amide bonds. The average molecular weight is 222 g/mol. The summed E-state index contributed by atoms with van der Waals surface area (Å²) in [6.45, 7) is 8.00. The predicted molar refractivity (Wildman–Crippen MR) is 67.9 cm³/mol. The fourth-order valence-electron chi connectivity index (χ4n) is 1.10. The Kier molecular flexibility index (Phi) is 6.59. The summed E-state index contributed by atoms with van der Waals surface area (Å²) in [4.78, 5) is 27.7. The molecule has 88 valence electrons. The molecule has 0 aromatic carbocycles. The standard InChI is InChI=1S/C8H6N2O2.2C2H6/c11-5-1-3-9-8-6(12)2-4-10-7(5)8;2*1-2/h1-4H,(H,9,11)(H,10,12);2*1-2H3. The van der Waals surface area contributed by atoms with E-state index in [1.54, 1.807) is 0 Å². The Morgan fingerprint density at radius 2 is 1.06 bits per heavy atom. The maximum atomic E-state index is 11.1. The highest BCUT2D eigenvalue weighted by molar-refractivity contribution is 5.72. The third kappa shape index (κ3) is 3.08. The van der Waals surface area contributed by atoms with Crippen LogP contribution in [0.2, 0.25) is 0 Å². The topological polar surface area (TPSA) is 65.7 Å². The number of rotatable bonds is 0. The van der Waals surface area contributed by atoms with Crippen molar-refractivity contribution >= 4 is 11.0 Å². The van der Waals surface area contributed by atoms with Gasteiger partial charge in [-0.25, -0.2) is 0 Å². The van der Waals surface area contributed by atoms with Crippen molar-refractivity contribution in [2.45, 2.75) is 27.7 Å². The quantitative estimate of drug-likeness (QED) is 0.718. The number of aromatic amines is 2. The molecule has 2 N–H and O–H groups in total. The number of aromatic nitrogens is 2. The first-order chi connectivity index (χ1) is 7.79. The van der Waals surface area contributed by atoms with Gasteiger partial charge in [0.25, 0.3) is 0 Å². The zero-order valence-corrected chi connectivity index (χ0v) is 10.1. The Morgan fingerprint density at radius 1 is 0.750 bits per heavy atom. The van der Waals surface area contributed by atoms with Crippen molar-refractivity contribution in [3.63, 3.8) is 0 Å². The van der Waals surface area contributed by atoms with Crippen LogP contribution in [0.1, 0.15) is 27.7 Å². The molecule has 2 aromatic heterocycles. The van der Waals surface area contributed by atoms with Gasteiger partial charge in [-0.2, -0.15) is 0 Å². The van der Waals surface area contributed by atoms with Crippen LogP contribution in [-0.4, -0.2) is 9.97 Å². The van der Waals surface area contributed by atoms with Crippen molar-refractivity contribution in [3.8, 4) is 0 Å². The van der Waals surface area contributed by atoms with Gasteiger partial charge in [0.1, 0.15) is 11.0 Å². The lowest BCUT2D eigenvalue weighted by Gasteiger charge is -1.93. The maximum absolute atomic E-state index is 11.1. The zero-order valence-electron chi connectivity index (χ0n) is 10.1. The van der Waals surface area contributed by atoms with E-state index in [4.69, 9.17) is 0 Å². The molecule has 2 rings (SSSR count). The van der Waals surface area contributed by atoms with E-state index in [1.165, 1.54) is 24.5 Å². The van der Waals surface area contributed by atoms with E-state index < -0.39 is 0 Å². The molecule has 4 nitrogen and oxygen atoms in total. The molecule has 0 aliphatic heterocycles. The van der Waals surface area contributed by atoms with Gasteiger partial charge in [-0.15, -0.1) is 0 Å². The minimum absolute atomic E-state index is 0.179. The molecular weight excluding hydrogens is 204 g/mol. The molecule has 0 saturated heterocycles. The molecule has 0 radical (unpaired) electrons. The van der Waals surface area contributed by atoms with Crippen molar-refractivity contribution < 1.29 is 0 Å². The molecule has 0 spiro atoms. The number of nitrogens with one attached hydrogen (secondary N) is 2. The van der Waals surface area contributed by atoms with Gasteiger partial charge in [-0.05, 0) is 0 Å². The summed E-state index contributed by atoms with van der Waals surface area (Å²) in [5.41, 5.74) is 0.290. The predicted octanol–water partition coefficient (Wildman–Crippen LogP) is 2.27. The summed E-state index contributed by atoms with van der Waals surface area (Å²) >= 11 is 0. The molecule has 0 aliphatic carbocycles. The summed E-state index contributed by atoms with van der Waals surface area (Å²) in [5.74, 6) is 0. The van der Waals surface area contributed by atoms with Crippen LogP contribution in [0.5, 0.6) is 0 Å².